The van der Waals surface area contributed by atoms with Gasteiger partial charge in [0.1, 0.15) is 5.78 Å². The molecule has 15 heavy (non-hydrogen) atoms. The van der Waals surface area contributed by atoms with Crippen molar-refractivity contribution in [1.29, 1.82) is 0 Å². The Morgan fingerprint density at radius 3 is 2.93 bits per heavy atom. The van der Waals surface area contributed by atoms with Crippen molar-refractivity contribution in [2.75, 3.05) is 0 Å². The van der Waals surface area contributed by atoms with Gasteiger partial charge in [-0.3, -0.25) is 4.79 Å². The van der Waals surface area contributed by atoms with E-state index in [4.69, 9.17) is 0 Å². The summed E-state index contributed by atoms with van der Waals surface area (Å²) in [5, 5.41) is 0. The van der Waals surface area contributed by atoms with Gasteiger partial charge >= 0.3 is 0 Å². The predicted molar refractivity (Wildman–Crippen MR) is 64.9 cm³/mol. The molecule has 0 heterocycles. The van der Waals surface area contributed by atoms with Gasteiger partial charge in [0.2, 0.25) is 0 Å². The molecule has 0 spiro atoms. The Morgan fingerprint density at radius 1 is 1.40 bits per heavy atom. The molecule has 0 radical (unpaired) electrons. The second kappa shape index (κ2) is 6.81. The molecule has 0 aromatic rings. The van der Waals surface area contributed by atoms with Crippen molar-refractivity contribution in [2.24, 2.45) is 5.92 Å². The lowest BCUT2D eigenvalue weighted by molar-refractivity contribution is -0.119. The minimum absolute atomic E-state index is 0.500. The van der Waals surface area contributed by atoms with Crippen molar-refractivity contribution in [3.05, 3.63) is 11.6 Å². The maximum Gasteiger partial charge on any atom is 0.133 e. The van der Waals surface area contributed by atoms with Gasteiger partial charge in [0.25, 0.3) is 0 Å². The predicted octanol–water partition coefficient (Wildman–Crippen LogP) is 4.27. The first-order valence-electron chi connectivity index (χ1n) is 6.33. The van der Waals surface area contributed by atoms with E-state index in [0.29, 0.717) is 11.7 Å². The smallest absolute Gasteiger partial charge is 0.133 e. The zero-order valence-corrected chi connectivity index (χ0v) is 10.2. The van der Waals surface area contributed by atoms with E-state index < -0.39 is 0 Å². The Bertz CT molecular complexity index is 223. The summed E-state index contributed by atoms with van der Waals surface area (Å²) in [7, 11) is 0. The van der Waals surface area contributed by atoms with Gasteiger partial charge in [-0.05, 0) is 45.4 Å². The van der Waals surface area contributed by atoms with Crippen LogP contribution < -0.4 is 0 Å². The Morgan fingerprint density at radius 2 is 2.20 bits per heavy atom. The van der Waals surface area contributed by atoms with E-state index in [9.17, 15) is 4.79 Å². The molecule has 0 aromatic carbocycles. The van der Waals surface area contributed by atoms with E-state index in [-0.39, 0.29) is 0 Å². The van der Waals surface area contributed by atoms with E-state index in [1.54, 1.807) is 0 Å². The Labute approximate surface area is 93.9 Å². The molecule has 0 aliphatic heterocycles. The topological polar surface area (TPSA) is 17.1 Å². The van der Waals surface area contributed by atoms with Crippen LogP contribution in [0.4, 0.5) is 0 Å². The highest BCUT2D eigenvalue weighted by Gasteiger charge is 2.16. The molecule has 0 aromatic heterocycles. The highest BCUT2D eigenvalue weighted by atomic mass is 16.1. The molecule has 1 atom stereocenters. The normalized spacial score (nSPS) is 22.3. The number of Topliss-reactive ketones (excluding diaryl/α,β-unsaturated/α-hetero) is 1. The number of unbranched alkanes of at least 4 members (excludes halogenated alkanes) is 1. The first-order valence-corrected chi connectivity index (χ1v) is 6.33. The van der Waals surface area contributed by atoms with Gasteiger partial charge < -0.3 is 0 Å². The van der Waals surface area contributed by atoms with Crippen LogP contribution in [0, 0.1) is 5.92 Å². The minimum atomic E-state index is 0.500. The van der Waals surface area contributed by atoms with Crippen LogP contribution in [0.3, 0.4) is 0 Å². The summed E-state index contributed by atoms with van der Waals surface area (Å²) < 4.78 is 0. The van der Waals surface area contributed by atoms with Gasteiger partial charge in [-0.1, -0.05) is 24.5 Å². The van der Waals surface area contributed by atoms with E-state index in [0.717, 1.165) is 19.3 Å². The summed E-state index contributed by atoms with van der Waals surface area (Å²) in [5.41, 5.74) is 1.41. The fourth-order valence-electron chi connectivity index (χ4n) is 2.32. The molecule has 0 bridgehead atoms. The van der Waals surface area contributed by atoms with Crippen LogP contribution in [-0.2, 0) is 4.79 Å². The zero-order chi connectivity index (χ0) is 11.1. The van der Waals surface area contributed by atoms with Crippen LogP contribution in [0.15, 0.2) is 11.6 Å². The van der Waals surface area contributed by atoms with Crippen LogP contribution in [0.25, 0.3) is 0 Å². The third kappa shape index (κ3) is 5.76. The molecule has 0 saturated heterocycles. The second-order valence-electron chi connectivity index (χ2n) is 5.07. The standard InChI is InChI=1S/C14H24O/c1-12(2)7-3-4-8-13-9-5-6-10-14(15)11-13/h7,13H,3-6,8-11H2,1-2H3/t13-/m0/s1. The minimum Gasteiger partial charge on any atom is -0.300 e. The van der Waals surface area contributed by atoms with Crippen molar-refractivity contribution in [1.82, 2.24) is 0 Å². The lowest BCUT2D eigenvalue weighted by Gasteiger charge is -2.11. The number of allylic oxidation sites excluding steroid dienone is 2. The molecule has 0 amide bonds. The highest BCUT2D eigenvalue weighted by molar-refractivity contribution is 5.78. The van der Waals surface area contributed by atoms with E-state index in [1.165, 1.54) is 37.7 Å². The molecular formula is C14H24O. The second-order valence-corrected chi connectivity index (χ2v) is 5.07. The molecular weight excluding hydrogens is 184 g/mol. The van der Waals surface area contributed by atoms with Crippen LogP contribution >= 0.6 is 0 Å². The van der Waals surface area contributed by atoms with Gasteiger partial charge in [0.05, 0.1) is 0 Å². The number of hydrogen-bond acceptors (Lipinski definition) is 1. The highest BCUT2D eigenvalue weighted by Crippen LogP contribution is 2.25. The Kier molecular flexibility index (Phi) is 5.67. The van der Waals surface area contributed by atoms with Gasteiger partial charge in [-0.25, -0.2) is 0 Å². The van der Waals surface area contributed by atoms with Crippen molar-refractivity contribution in [3.8, 4) is 0 Å². The number of carbonyl (C=O) groups excluding carboxylic acids is 1. The molecule has 1 heteroatoms. The van der Waals surface area contributed by atoms with Crippen LogP contribution in [0.5, 0.6) is 0 Å². The fraction of sp³-hybridized carbons (Fsp3) is 0.786. The molecule has 1 saturated carbocycles. The molecule has 1 aliphatic carbocycles. The first kappa shape index (κ1) is 12.5. The largest absolute Gasteiger partial charge is 0.300 e. The summed E-state index contributed by atoms with van der Waals surface area (Å²) in [6, 6.07) is 0. The van der Waals surface area contributed by atoms with Crippen LogP contribution in [0.2, 0.25) is 0 Å². The molecule has 1 aliphatic rings. The van der Waals surface area contributed by atoms with E-state index in [1.807, 2.05) is 0 Å². The average Bonchev–Trinajstić information content (AvgIpc) is 2.37. The number of hydrogen-bond donors (Lipinski definition) is 0. The SMILES string of the molecule is CC(C)=CCCC[C@H]1CCCCC(=O)C1. The fourth-order valence-corrected chi connectivity index (χ4v) is 2.32. The van der Waals surface area contributed by atoms with Crippen molar-refractivity contribution < 1.29 is 4.79 Å². The van der Waals surface area contributed by atoms with Gasteiger partial charge in [0, 0.05) is 12.8 Å². The third-order valence-electron chi connectivity index (χ3n) is 3.20. The summed E-state index contributed by atoms with van der Waals surface area (Å²) in [4.78, 5) is 11.4. The Balaban J connectivity index is 2.19. The maximum absolute atomic E-state index is 11.4. The molecule has 0 unspecified atom stereocenters. The molecule has 0 N–H and O–H groups in total. The van der Waals surface area contributed by atoms with Gasteiger partial charge in [-0.2, -0.15) is 0 Å². The summed E-state index contributed by atoms with van der Waals surface area (Å²) in [5.74, 6) is 1.19. The van der Waals surface area contributed by atoms with Crippen molar-refractivity contribution in [3.63, 3.8) is 0 Å². The molecule has 86 valence electrons. The maximum atomic E-state index is 11.4. The quantitative estimate of drug-likeness (QED) is 0.383. The number of carbonyl (C=O) groups is 1. The van der Waals surface area contributed by atoms with Crippen molar-refractivity contribution >= 4 is 5.78 Å². The Hall–Kier alpha value is -0.590. The van der Waals surface area contributed by atoms with Gasteiger partial charge in [0.15, 0.2) is 0 Å². The lowest BCUT2D eigenvalue weighted by atomic mass is 9.94. The number of rotatable bonds is 4. The van der Waals surface area contributed by atoms with Crippen LogP contribution in [0.1, 0.15) is 65.2 Å². The average molecular weight is 208 g/mol. The van der Waals surface area contributed by atoms with E-state index >= 15 is 0 Å². The first-order chi connectivity index (χ1) is 7.18. The monoisotopic (exact) mass is 208 g/mol. The summed E-state index contributed by atoms with van der Waals surface area (Å²) in [6.07, 6.45) is 11.4. The summed E-state index contributed by atoms with van der Waals surface area (Å²) in [6.45, 7) is 4.30. The van der Waals surface area contributed by atoms with Crippen LogP contribution in [-0.4, -0.2) is 5.78 Å². The third-order valence-corrected chi connectivity index (χ3v) is 3.20. The molecule has 1 fully saturated rings. The summed E-state index contributed by atoms with van der Waals surface area (Å²) >= 11 is 0. The molecule has 1 nitrogen and oxygen atoms in total. The lowest BCUT2D eigenvalue weighted by Crippen LogP contribution is -2.04. The molecule has 1 rings (SSSR count). The van der Waals surface area contributed by atoms with Gasteiger partial charge in [-0.15, -0.1) is 0 Å². The number of ketones is 1. The zero-order valence-electron chi connectivity index (χ0n) is 10.2. The van der Waals surface area contributed by atoms with E-state index in [2.05, 4.69) is 19.9 Å². The van der Waals surface area contributed by atoms with Crippen molar-refractivity contribution in [2.45, 2.75) is 65.2 Å².